The highest BCUT2D eigenvalue weighted by Crippen LogP contribution is 2.22. The Bertz CT molecular complexity index is 670. The predicted molar refractivity (Wildman–Crippen MR) is 93.4 cm³/mol. The summed E-state index contributed by atoms with van der Waals surface area (Å²) in [7, 11) is 0. The molecule has 1 atom stereocenters. The quantitative estimate of drug-likeness (QED) is 0.835. The molecule has 22 heavy (non-hydrogen) atoms. The van der Waals surface area contributed by atoms with Gasteiger partial charge in [-0.3, -0.25) is 4.79 Å². The first kappa shape index (κ1) is 16.6. The fraction of sp³-hybridized carbons (Fsp3) is 0.278. The van der Waals surface area contributed by atoms with E-state index in [9.17, 15) is 4.79 Å². The summed E-state index contributed by atoms with van der Waals surface area (Å²) < 4.78 is 6.82. The Kier molecular flexibility index (Phi) is 5.61. The molecular weight excluding hydrogens is 342 g/mol. The molecular formula is C18H20BrNO2. The maximum Gasteiger partial charge on any atom is 0.265 e. The second-order valence-corrected chi connectivity index (χ2v) is 6.03. The van der Waals surface area contributed by atoms with Crippen LogP contribution in [-0.4, -0.2) is 12.0 Å². The molecule has 0 saturated heterocycles. The lowest BCUT2D eigenvalue weighted by molar-refractivity contribution is -0.122. The van der Waals surface area contributed by atoms with Gasteiger partial charge < -0.3 is 10.1 Å². The monoisotopic (exact) mass is 361 g/mol. The number of hydrogen-bond donors (Lipinski definition) is 1. The molecule has 0 unspecified atom stereocenters. The van der Waals surface area contributed by atoms with Crippen LogP contribution in [0.2, 0.25) is 0 Å². The van der Waals surface area contributed by atoms with Crippen molar-refractivity contribution in [1.29, 1.82) is 0 Å². The van der Waals surface area contributed by atoms with E-state index in [0.717, 1.165) is 33.5 Å². The Labute approximate surface area is 139 Å². The lowest BCUT2D eigenvalue weighted by atomic mass is 10.1. The third-order valence-electron chi connectivity index (χ3n) is 3.45. The summed E-state index contributed by atoms with van der Waals surface area (Å²) in [6, 6.07) is 13.5. The molecule has 4 heteroatoms. The van der Waals surface area contributed by atoms with Crippen molar-refractivity contribution in [2.45, 2.75) is 33.3 Å². The molecule has 0 aliphatic rings. The van der Waals surface area contributed by atoms with Gasteiger partial charge in [0.2, 0.25) is 0 Å². The summed E-state index contributed by atoms with van der Waals surface area (Å²) in [5.74, 6) is 0.604. The molecule has 2 rings (SSSR count). The summed E-state index contributed by atoms with van der Waals surface area (Å²) in [4.78, 5) is 12.3. The summed E-state index contributed by atoms with van der Waals surface area (Å²) in [5.41, 5.74) is 2.94. The van der Waals surface area contributed by atoms with Crippen LogP contribution < -0.4 is 10.1 Å². The smallest absolute Gasteiger partial charge is 0.265 e. The van der Waals surface area contributed by atoms with Crippen LogP contribution in [0.4, 0.5) is 5.69 Å². The van der Waals surface area contributed by atoms with Gasteiger partial charge in [-0.05, 0) is 55.7 Å². The molecule has 0 aromatic heterocycles. The molecule has 0 aliphatic carbocycles. The van der Waals surface area contributed by atoms with Crippen molar-refractivity contribution in [2.75, 3.05) is 5.32 Å². The Balaban J connectivity index is 2.04. The van der Waals surface area contributed by atoms with E-state index in [4.69, 9.17) is 4.74 Å². The van der Waals surface area contributed by atoms with Gasteiger partial charge >= 0.3 is 0 Å². The van der Waals surface area contributed by atoms with Crippen molar-refractivity contribution in [2.24, 2.45) is 0 Å². The van der Waals surface area contributed by atoms with Crippen molar-refractivity contribution >= 4 is 27.5 Å². The molecule has 1 N–H and O–H groups in total. The predicted octanol–water partition coefficient (Wildman–Crippen LogP) is 4.73. The van der Waals surface area contributed by atoms with Gasteiger partial charge in [-0.15, -0.1) is 0 Å². The minimum Gasteiger partial charge on any atom is -0.481 e. The molecule has 0 aliphatic heterocycles. The van der Waals surface area contributed by atoms with Crippen LogP contribution in [-0.2, 0) is 11.2 Å². The molecule has 0 radical (unpaired) electrons. The maximum atomic E-state index is 12.3. The Hall–Kier alpha value is -1.81. The second kappa shape index (κ2) is 7.45. The van der Waals surface area contributed by atoms with Gasteiger partial charge in [0.1, 0.15) is 5.75 Å². The van der Waals surface area contributed by atoms with Crippen molar-refractivity contribution < 1.29 is 9.53 Å². The number of aryl methyl sites for hydroxylation is 2. The number of nitrogens with one attached hydrogen (secondary N) is 1. The largest absolute Gasteiger partial charge is 0.481 e. The lowest BCUT2D eigenvalue weighted by Crippen LogP contribution is -2.30. The van der Waals surface area contributed by atoms with Crippen LogP contribution in [0.3, 0.4) is 0 Å². The average molecular weight is 362 g/mol. The number of carbonyl (C=O) groups is 1. The van der Waals surface area contributed by atoms with Crippen LogP contribution >= 0.6 is 15.9 Å². The van der Waals surface area contributed by atoms with Crippen molar-refractivity contribution in [3.8, 4) is 5.75 Å². The van der Waals surface area contributed by atoms with Gasteiger partial charge in [0, 0.05) is 10.2 Å². The van der Waals surface area contributed by atoms with Crippen LogP contribution in [0.15, 0.2) is 46.9 Å². The topological polar surface area (TPSA) is 38.3 Å². The molecule has 0 bridgehead atoms. The van der Waals surface area contributed by atoms with E-state index in [2.05, 4.69) is 28.2 Å². The zero-order valence-corrected chi connectivity index (χ0v) is 14.6. The third kappa shape index (κ3) is 4.10. The van der Waals surface area contributed by atoms with Crippen LogP contribution in [0.25, 0.3) is 0 Å². The number of benzene rings is 2. The fourth-order valence-corrected chi connectivity index (χ4v) is 2.37. The number of amides is 1. The van der Waals surface area contributed by atoms with Gasteiger partial charge in [0.25, 0.3) is 5.91 Å². The van der Waals surface area contributed by atoms with Gasteiger partial charge in [-0.25, -0.2) is 0 Å². The van der Waals surface area contributed by atoms with Gasteiger partial charge in [0.05, 0.1) is 0 Å². The number of carbonyl (C=O) groups excluding carboxylic acids is 1. The summed E-state index contributed by atoms with van der Waals surface area (Å²) >= 11 is 3.45. The molecule has 0 heterocycles. The van der Waals surface area contributed by atoms with E-state index < -0.39 is 6.10 Å². The first-order valence-electron chi connectivity index (χ1n) is 7.33. The molecule has 3 nitrogen and oxygen atoms in total. The van der Waals surface area contributed by atoms with E-state index in [1.807, 2.05) is 49.4 Å². The number of ether oxygens (including phenoxy) is 1. The number of para-hydroxylation sites is 1. The zero-order valence-electron chi connectivity index (χ0n) is 13.0. The standard InChI is InChI=1S/C18H20BrNO2/c1-4-14-7-5-6-8-17(14)22-13(3)18(21)20-15-9-10-16(19)12(2)11-15/h5-11,13H,4H2,1-3H3,(H,20,21)/t13-/m1/s1. The molecule has 0 fully saturated rings. The normalized spacial score (nSPS) is 11.8. The molecule has 2 aromatic rings. The van der Waals surface area contributed by atoms with Crippen molar-refractivity contribution in [3.05, 3.63) is 58.1 Å². The minimum atomic E-state index is -0.559. The van der Waals surface area contributed by atoms with E-state index in [0.29, 0.717) is 0 Å². The van der Waals surface area contributed by atoms with E-state index in [-0.39, 0.29) is 5.91 Å². The highest BCUT2D eigenvalue weighted by atomic mass is 79.9. The molecule has 0 spiro atoms. The van der Waals surface area contributed by atoms with Crippen LogP contribution in [0.5, 0.6) is 5.75 Å². The summed E-state index contributed by atoms with van der Waals surface area (Å²) in [6.07, 6.45) is 0.313. The van der Waals surface area contributed by atoms with Gasteiger partial charge in [0.15, 0.2) is 6.10 Å². The highest BCUT2D eigenvalue weighted by molar-refractivity contribution is 9.10. The maximum absolute atomic E-state index is 12.3. The molecule has 1 amide bonds. The van der Waals surface area contributed by atoms with E-state index in [1.54, 1.807) is 6.92 Å². The van der Waals surface area contributed by atoms with Crippen LogP contribution in [0, 0.1) is 6.92 Å². The molecule has 2 aromatic carbocycles. The highest BCUT2D eigenvalue weighted by Gasteiger charge is 2.16. The van der Waals surface area contributed by atoms with Crippen molar-refractivity contribution in [3.63, 3.8) is 0 Å². The number of hydrogen-bond acceptors (Lipinski definition) is 2. The first-order chi connectivity index (χ1) is 10.5. The minimum absolute atomic E-state index is 0.160. The second-order valence-electron chi connectivity index (χ2n) is 5.17. The molecule has 0 saturated carbocycles. The van der Waals surface area contributed by atoms with Crippen molar-refractivity contribution in [1.82, 2.24) is 0 Å². The van der Waals surface area contributed by atoms with E-state index >= 15 is 0 Å². The SMILES string of the molecule is CCc1ccccc1O[C@H](C)C(=O)Nc1ccc(Br)c(C)c1. The lowest BCUT2D eigenvalue weighted by Gasteiger charge is -2.17. The number of halogens is 1. The first-order valence-corrected chi connectivity index (χ1v) is 8.12. The Morgan fingerprint density at radius 2 is 2.00 bits per heavy atom. The Morgan fingerprint density at radius 1 is 1.27 bits per heavy atom. The number of anilines is 1. The fourth-order valence-electron chi connectivity index (χ4n) is 2.12. The average Bonchev–Trinajstić information content (AvgIpc) is 2.51. The zero-order chi connectivity index (χ0) is 16.1. The third-order valence-corrected chi connectivity index (χ3v) is 4.34. The number of rotatable bonds is 5. The molecule has 116 valence electrons. The summed E-state index contributed by atoms with van der Waals surface area (Å²) in [5, 5.41) is 2.88. The van der Waals surface area contributed by atoms with Gasteiger partial charge in [-0.2, -0.15) is 0 Å². The van der Waals surface area contributed by atoms with E-state index in [1.165, 1.54) is 0 Å². The Morgan fingerprint density at radius 3 is 2.68 bits per heavy atom. The van der Waals surface area contributed by atoms with Gasteiger partial charge in [-0.1, -0.05) is 41.1 Å². The summed E-state index contributed by atoms with van der Waals surface area (Å²) in [6.45, 7) is 5.81. The van der Waals surface area contributed by atoms with Crippen LogP contribution in [0.1, 0.15) is 25.0 Å².